The molecule has 1 rings (SSSR count). The minimum absolute atomic E-state index is 0.643. The van der Waals surface area contributed by atoms with E-state index in [-0.39, 0.29) is 0 Å². The van der Waals surface area contributed by atoms with Crippen molar-refractivity contribution in [2.45, 2.75) is 12.1 Å². The Morgan fingerprint density at radius 2 is 2.05 bits per heavy atom. The summed E-state index contributed by atoms with van der Waals surface area (Å²) in [6.45, 7) is -0.835. The van der Waals surface area contributed by atoms with Gasteiger partial charge in [0.15, 0.2) is 9.84 Å². The highest BCUT2D eigenvalue weighted by molar-refractivity contribution is 7.93. The van der Waals surface area contributed by atoms with Crippen LogP contribution in [0.25, 0.3) is 16.5 Å². The Labute approximate surface area is 122 Å². The van der Waals surface area contributed by atoms with Gasteiger partial charge in [0.05, 0.1) is 12.1 Å². The quantitative estimate of drug-likeness (QED) is 0.440. The van der Waals surface area contributed by atoms with Crippen LogP contribution in [0.15, 0.2) is 34.8 Å². The maximum atomic E-state index is 12.9. The van der Waals surface area contributed by atoms with Crippen LogP contribution >= 0.6 is 0 Å². The monoisotopic (exact) mass is 313 g/mol. The lowest BCUT2D eigenvalue weighted by molar-refractivity contribution is 0.0722. The van der Waals surface area contributed by atoms with Gasteiger partial charge in [-0.2, -0.15) is 0 Å². The molecule has 0 aliphatic heterocycles. The molecule has 6 nitrogen and oxygen atoms in total. The van der Waals surface area contributed by atoms with E-state index in [4.69, 9.17) is 10.3 Å². The highest BCUT2D eigenvalue weighted by Gasteiger charge is 2.21. The lowest BCUT2D eigenvalue weighted by atomic mass is 10.0. The van der Waals surface area contributed by atoms with Crippen molar-refractivity contribution in [1.82, 2.24) is 0 Å². The van der Waals surface area contributed by atoms with Gasteiger partial charge in [0, 0.05) is 23.7 Å². The molecular formula is C13H16FN3O3S. The molecule has 0 N–H and O–H groups in total. The first kappa shape index (κ1) is 17.2. The molecule has 0 amide bonds. The predicted octanol–water partition coefficient (Wildman–Crippen LogP) is 3.04. The fraction of sp³-hybridized carbons (Fsp3) is 0.385. The fourth-order valence-corrected chi connectivity index (χ4v) is 2.16. The van der Waals surface area contributed by atoms with E-state index in [2.05, 4.69) is 10.0 Å². The lowest BCUT2D eigenvalue weighted by Gasteiger charge is -2.20. The average Bonchev–Trinajstić information content (AvgIpc) is 2.45. The van der Waals surface area contributed by atoms with Gasteiger partial charge < -0.3 is 4.74 Å². The number of ether oxygens (including phenoxy) is 1. The lowest BCUT2D eigenvalue weighted by Crippen LogP contribution is -2.20. The Bertz CT molecular complexity index is 637. The Balaban J connectivity index is 2.99. The van der Waals surface area contributed by atoms with Gasteiger partial charge >= 0.3 is 0 Å². The van der Waals surface area contributed by atoms with Crippen LogP contribution in [0.5, 0.6) is 0 Å². The average molecular weight is 313 g/mol. The number of alkyl halides is 1. The zero-order valence-corrected chi connectivity index (χ0v) is 12.5. The van der Waals surface area contributed by atoms with Gasteiger partial charge in [0.25, 0.3) is 0 Å². The van der Waals surface area contributed by atoms with Gasteiger partial charge in [-0.3, -0.25) is 4.39 Å². The molecule has 8 heteroatoms. The number of hydrogen-bond donors (Lipinski definition) is 0. The van der Waals surface area contributed by atoms with Crippen molar-refractivity contribution in [2.24, 2.45) is 5.11 Å². The number of hydrogen-bond acceptors (Lipinski definition) is 4. The maximum Gasteiger partial charge on any atom is 0.168 e. The van der Waals surface area contributed by atoms with E-state index < -0.39 is 28.7 Å². The molecule has 0 fully saturated rings. The second-order valence-electron chi connectivity index (χ2n) is 4.38. The standard InChI is InChI=1S/C13H16FN3O3S/c1-20-13(12(9-14)16-17-15)11-5-3-10(4-6-11)7-8-21(2,18)19/h3-8,12-13H,9H2,1-2H3/b8-7+/t12-,13-/m1/s1. The summed E-state index contributed by atoms with van der Waals surface area (Å²) in [5.41, 5.74) is 9.74. The predicted molar refractivity (Wildman–Crippen MR) is 79.0 cm³/mol. The Hall–Kier alpha value is -1.89. The summed E-state index contributed by atoms with van der Waals surface area (Å²) in [5, 5.41) is 4.47. The highest BCUT2D eigenvalue weighted by atomic mass is 32.2. The second-order valence-corrected chi connectivity index (χ2v) is 6.31. The number of methoxy groups -OCH3 is 1. The molecule has 114 valence electrons. The van der Waals surface area contributed by atoms with Gasteiger partial charge in [-0.1, -0.05) is 29.4 Å². The largest absolute Gasteiger partial charge is 0.376 e. The van der Waals surface area contributed by atoms with E-state index in [1.54, 1.807) is 24.3 Å². The van der Waals surface area contributed by atoms with Gasteiger partial charge in [0.2, 0.25) is 0 Å². The summed E-state index contributed by atoms with van der Waals surface area (Å²) in [6.07, 6.45) is 1.87. The molecule has 0 aliphatic rings. The molecule has 2 atom stereocenters. The molecule has 0 spiro atoms. The topological polar surface area (TPSA) is 92.1 Å². The first-order valence-corrected chi connectivity index (χ1v) is 7.97. The normalized spacial score (nSPS) is 14.6. The molecule has 0 aromatic heterocycles. The van der Waals surface area contributed by atoms with Crippen molar-refractivity contribution in [3.05, 3.63) is 51.2 Å². The highest BCUT2D eigenvalue weighted by Crippen LogP contribution is 2.24. The zero-order valence-electron chi connectivity index (χ0n) is 11.7. The molecule has 0 saturated heterocycles. The molecule has 0 aliphatic carbocycles. The van der Waals surface area contributed by atoms with Crippen LogP contribution < -0.4 is 0 Å². The SMILES string of the molecule is CO[C@H](c1ccc(/C=C/S(C)(=O)=O)cc1)[C@@H](CF)N=[N+]=[N-]. The smallest absolute Gasteiger partial charge is 0.168 e. The third-order valence-corrected chi connectivity index (χ3v) is 3.36. The van der Waals surface area contributed by atoms with Crippen molar-refractivity contribution in [2.75, 3.05) is 20.0 Å². The Morgan fingerprint density at radius 3 is 2.48 bits per heavy atom. The van der Waals surface area contributed by atoms with Crippen LogP contribution in [0.3, 0.4) is 0 Å². The van der Waals surface area contributed by atoms with E-state index in [0.717, 1.165) is 11.7 Å². The minimum atomic E-state index is -3.19. The van der Waals surface area contributed by atoms with Crippen LogP contribution in [-0.4, -0.2) is 34.5 Å². The Kier molecular flexibility index (Phi) is 6.36. The zero-order chi connectivity index (χ0) is 15.9. The van der Waals surface area contributed by atoms with Gasteiger partial charge in [-0.25, -0.2) is 8.42 Å². The van der Waals surface area contributed by atoms with E-state index in [9.17, 15) is 12.8 Å². The van der Waals surface area contributed by atoms with Crippen molar-refractivity contribution < 1.29 is 17.5 Å². The van der Waals surface area contributed by atoms with E-state index in [1.165, 1.54) is 13.2 Å². The van der Waals surface area contributed by atoms with Crippen LogP contribution in [0.2, 0.25) is 0 Å². The summed E-state index contributed by atoms with van der Waals surface area (Å²) in [4.78, 5) is 2.60. The van der Waals surface area contributed by atoms with E-state index in [1.807, 2.05) is 0 Å². The molecular weight excluding hydrogens is 297 g/mol. The number of azide groups is 1. The second kappa shape index (κ2) is 7.78. The summed E-state index contributed by atoms with van der Waals surface area (Å²) in [6, 6.07) is 5.75. The molecule has 1 aromatic carbocycles. The summed E-state index contributed by atoms with van der Waals surface area (Å²) in [7, 11) is -1.79. The number of halogens is 1. The van der Waals surface area contributed by atoms with E-state index in [0.29, 0.717) is 11.1 Å². The number of benzene rings is 1. The molecule has 21 heavy (non-hydrogen) atoms. The summed E-state index contributed by atoms with van der Waals surface area (Å²) < 4.78 is 40.1. The molecule has 0 bridgehead atoms. The van der Waals surface area contributed by atoms with Crippen LogP contribution in [0.4, 0.5) is 4.39 Å². The van der Waals surface area contributed by atoms with Crippen molar-refractivity contribution in [1.29, 1.82) is 0 Å². The third kappa shape index (κ3) is 5.55. The number of sulfone groups is 1. The molecule has 0 radical (unpaired) electrons. The van der Waals surface area contributed by atoms with E-state index >= 15 is 0 Å². The first-order chi connectivity index (χ1) is 9.91. The van der Waals surface area contributed by atoms with Crippen molar-refractivity contribution in [3.63, 3.8) is 0 Å². The van der Waals surface area contributed by atoms with Crippen LogP contribution in [0, 0.1) is 0 Å². The van der Waals surface area contributed by atoms with Gasteiger partial charge in [-0.15, -0.1) is 0 Å². The molecule has 1 aromatic rings. The number of rotatable bonds is 7. The van der Waals surface area contributed by atoms with Crippen molar-refractivity contribution >= 4 is 15.9 Å². The van der Waals surface area contributed by atoms with Gasteiger partial charge in [-0.05, 0) is 22.7 Å². The van der Waals surface area contributed by atoms with Crippen molar-refractivity contribution in [3.8, 4) is 0 Å². The Morgan fingerprint density at radius 1 is 1.43 bits per heavy atom. The molecule has 0 saturated carbocycles. The van der Waals surface area contributed by atoms with Crippen LogP contribution in [-0.2, 0) is 14.6 Å². The first-order valence-electron chi connectivity index (χ1n) is 6.02. The maximum absolute atomic E-state index is 12.9. The number of nitrogens with zero attached hydrogens (tertiary/aromatic N) is 3. The summed E-state index contributed by atoms with van der Waals surface area (Å²) >= 11 is 0. The molecule has 0 heterocycles. The minimum Gasteiger partial charge on any atom is -0.376 e. The third-order valence-electron chi connectivity index (χ3n) is 2.73. The van der Waals surface area contributed by atoms with Gasteiger partial charge in [0.1, 0.15) is 6.67 Å². The fourth-order valence-electron chi connectivity index (χ4n) is 1.75. The molecule has 0 unspecified atom stereocenters. The van der Waals surface area contributed by atoms with Crippen LogP contribution in [0.1, 0.15) is 17.2 Å². The summed E-state index contributed by atoms with van der Waals surface area (Å²) in [5.74, 6) is 0.